The first-order valence-corrected chi connectivity index (χ1v) is 29.6. The van der Waals surface area contributed by atoms with E-state index in [9.17, 15) is 0 Å². The zero-order valence-corrected chi connectivity index (χ0v) is 47.0. The van der Waals surface area contributed by atoms with Crippen LogP contribution < -0.4 is 4.90 Å². The number of hydrogen-bond acceptors (Lipinski definition) is 2. The lowest BCUT2D eigenvalue weighted by Gasteiger charge is -2.32. The molecular weight excluding hydrogens is 1030 g/mol. The summed E-state index contributed by atoms with van der Waals surface area (Å²) in [5, 5.41) is 4.73. The van der Waals surface area contributed by atoms with Crippen LogP contribution >= 0.6 is 0 Å². The third-order valence-corrected chi connectivity index (χ3v) is 19.2. The topological polar surface area (TPSA) is 21.3 Å². The molecule has 2 aromatic heterocycles. The van der Waals surface area contributed by atoms with E-state index in [0.29, 0.717) is 0 Å². The molecule has 0 bridgehead atoms. The molecule has 3 aliphatic carbocycles. The third-order valence-electron chi connectivity index (χ3n) is 19.2. The maximum atomic E-state index is 6.52. The largest absolute Gasteiger partial charge is 0.455 e. The first kappa shape index (κ1) is 47.9. The van der Waals surface area contributed by atoms with Crippen molar-refractivity contribution in [1.29, 1.82) is 0 Å². The predicted molar refractivity (Wildman–Crippen MR) is 353 cm³/mol. The quantitative estimate of drug-likeness (QED) is 0.159. The number of anilines is 3. The Morgan fingerprint density at radius 3 is 1.53 bits per heavy atom. The Hall–Kier alpha value is -10.7. The van der Waals surface area contributed by atoms with Gasteiger partial charge in [0.15, 0.2) is 0 Å². The molecule has 85 heavy (non-hydrogen) atoms. The van der Waals surface area contributed by atoms with Crippen molar-refractivity contribution in [2.45, 2.75) is 24.7 Å². The van der Waals surface area contributed by atoms with Gasteiger partial charge in [-0.05, 0) is 162 Å². The molecule has 0 saturated heterocycles. The number of furan rings is 1. The van der Waals surface area contributed by atoms with E-state index in [1.165, 1.54) is 105 Å². The average Bonchev–Trinajstić information content (AvgIpc) is 1.55. The van der Waals surface area contributed by atoms with Gasteiger partial charge >= 0.3 is 0 Å². The molecule has 0 unspecified atom stereocenters. The fourth-order valence-corrected chi connectivity index (χ4v) is 15.4. The molecule has 0 fully saturated rings. The van der Waals surface area contributed by atoms with Gasteiger partial charge < -0.3 is 13.9 Å². The van der Waals surface area contributed by atoms with Gasteiger partial charge in [-0.15, -0.1) is 0 Å². The van der Waals surface area contributed by atoms with Crippen LogP contribution in [0.3, 0.4) is 0 Å². The molecule has 2 heterocycles. The van der Waals surface area contributed by atoms with Crippen LogP contribution in [0, 0.1) is 0 Å². The van der Waals surface area contributed by atoms with E-state index >= 15 is 0 Å². The number of rotatable bonds is 7. The van der Waals surface area contributed by atoms with Crippen molar-refractivity contribution in [2.24, 2.45) is 0 Å². The summed E-state index contributed by atoms with van der Waals surface area (Å²) in [6.07, 6.45) is 0. The molecule has 3 heteroatoms. The molecule has 13 aromatic carbocycles. The Balaban J connectivity index is 0.789. The monoisotopic (exact) mass is 1080 g/mol. The molecule has 0 aliphatic heterocycles. The molecule has 1 spiro atoms. The average molecular weight is 1080 g/mol. The van der Waals surface area contributed by atoms with E-state index < -0.39 is 5.41 Å². The summed E-state index contributed by atoms with van der Waals surface area (Å²) in [6, 6.07) is 108. The van der Waals surface area contributed by atoms with E-state index in [1.54, 1.807) is 0 Å². The fourth-order valence-electron chi connectivity index (χ4n) is 15.4. The first-order chi connectivity index (χ1) is 41.9. The summed E-state index contributed by atoms with van der Waals surface area (Å²) in [4.78, 5) is 2.49. The van der Waals surface area contributed by atoms with Gasteiger partial charge in [-0.2, -0.15) is 0 Å². The predicted octanol–water partition coefficient (Wildman–Crippen LogP) is 21.8. The van der Waals surface area contributed by atoms with Gasteiger partial charge in [0, 0.05) is 55.1 Å². The van der Waals surface area contributed by atoms with Gasteiger partial charge in [-0.25, -0.2) is 0 Å². The van der Waals surface area contributed by atoms with Crippen LogP contribution in [0.4, 0.5) is 17.1 Å². The second kappa shape index (κ2) is 17.9. The van der Waals surface area contributed by atoms with Crippen LogP contribution in [-0.4, -0.2) is 4.57 Å². The van der Waals surface area contributed by atoms with Gasteiger partial charge in [0.2, 0.25) is 0 Å². The fraction of sp³-hybridized carbons (Fsp3) is 0.0488. The minimum atomic E-state index is -0.460. The molecule has 15 aromatic rings. The van der Waals surface area contributed by atoms with E-state index in [0.717, 1.165) is 61.4 Å². The van der Waals surface area contributed by atoms with Crippen molar-refractivity contribution in [3.05, 3.63) is 325 Å². The standard InChI is InChI=1S/C82H54N2O/c1-81(2)69-27-11-6-22-62(69)66-49-68-67-48-55(40-47-75(67)84(77(68)50-74(66)81)58-45-38-54(39-46-58)59-25-16-26-64-63-23-10-15-33-78(63)85-80(59)64)53-36-43-57(44-37-53)83(56-41-34-52(35-42-56)51-18-4-3-5-19-51)76-32-17-31-73-79(76)65-24-9-14-30-72(65)82(73)70-28-12-7-20-60(70)61-21-8-13-29-71(61)82/h3-50H,1-2H3. The molecule has 0 atom stereocenters. The maximum absolute atomic E-state index is 6.52. The zero-order chi connectivity index (χ0) is 56.1. The first-order valence-electron chi connectivity index (χ1n) is 29.6. The number of benzene rings is 13. The van der Waals surface area contributed by atoms with E-state index in [-0.39, 0.29) is 5.41 Å². The third kappa shape index (κ3) is 6.72. The molecule has 0 saturated carbocycles. The Labute approximate surface area is 493 Å². The van der Waals surface area contributed by atoms with Crippen molar-refractivity contribution in [3.63, 3.8) is 0 Å². The summed E-state index contributed by atoms with van der Waals surface area (Å²) in [6.45, 7) is 4.75. The van der Waals surface area contributed by atoms with Crippen LogP contribution in [0.15, 0.2) is 296 Å². The van der Waals surface area contributed by atoms with Gasteiger partial charge in [0.1, 0.15) is 11.2 Å². The summed E-state index contributed by atoms with van der Waals surface area (Å²) in [5.74, 6) is 0. The van der Waals surface area contributed by atoms with Gasteiger partial charge in [0.05, 0.1) is 22.1 Å². The normalized spacial score (nSPS) is 13.7. The molecule has 0 amide bonds. The zero-order valence-electron chi connectivity index (χ0n) is 47.0. The highest BCUT2D eigenvalue weighted by molar-refractivity contribution is 6.13. The van der Waals surface area contributed by atoms with E-state index in [4.69, 9.17) is 4.42 Å². The highest BCUT2D eigenvalue weighted by Crippen LogP contribution is 2.65. The summed E-state index contributed by atoms with van der Waals surface area (Å²) < 4.78 is 9.00. The minimum Gasteiger partial charge on any atom is -0.455 e. The van der Waals surface area contributed by atoms with Crippen LogP contribution in [-0.2, 0) is 10.8 Å². The van der Waals surface area contributed by atoms with Gasteiger partial charge in [0.25, 0.3) is 0 Å². The number of fused-ring (bicyclic) bond motifs is 19. The molecule has 0 radical (unpaired) electrons. The number of para-hydroxylation sites is 2. The molecule has 0 N–H and O–H groups in total. The second-order valence-electron chi connectivity index (χ2n) is 23.9. The van der Waals surface area contributed by atoms with Crippen molar-refractivity contribution in [3.8, 4) is 72.4 Å². The van der Waals surface area contributed by atoms with Crippen molar-refractivity contribution in [2.75, 3.05) is 4.90 Å². The Bertz CT molecular complexity index is 5210. The van der Waals surface area contributed by atoms with Crippen LogP contribution in [0.25, 0.3) is 116 Å². The van der Waals surface area contributed by atoms with Crippen LogP contribution in [0.2, 0.25) is 0 Å². The summed E-state index contributed by atoms with van der Waals surface area (Å²) in [7, 11) is 0. The van der Waals surface area contributed by atoms with Gasteiger partial charge in [-0.1, -0.05) is 232 Å². The lowest BCUT2D eigenvalue weighted by Crippen LogP contribution is -2.26. The second-order valence-corrected chi connectivity index (χ2v) is 23.9. The minimum absolute atomic E-state index is 0.154. The van der Waals surface area contributed by atoms with Crippen molar-refractivity contribution >= 4 is 60.8 Å². The molecular formula is C82H54N2O. The lowest BCUT2D eigenvalue weighted by atomic mass is 9.70. The smallest absolute Gasteiger partial charge is 0.143 e. The molecule has 3 nitrogen and oxygen atoms in total. The summed E-state index contributed by atoms with van der Waals surface area (Å²) in [5.41, 5.74) is 30.8. The molecule has 3 aliphatic rings. The van der Waals surface area contributed by atoms with Crippen LogP contribution in [0.5, 0.6) is 0 Å². The highest BCUT2D eigenvalue weighted by atomic mass is 16.3. The summed E-state index contributed by atoms with van der Waals surface area (Å²) >= 11 is 0. The highest BCUT2D eigenvalue weighted by Gasteiger charge is 2.52. The Morgan fingerprint density at radius 2 is 0.824 bits per heavy atom. The molecule has 398 valence electrons. The lowest BCUT2D eigenvalue weighted by molar-refractivity contribution is 0.661. The van der Waals surface area contributed by atoms with E-state index in [2.05, 4.69) is 308 Å². The number of aromatic nitrogens is 1. The van der Waals surface area contributed by atoms with Crippen molar-refractivity contribution < 1.29 is 4.42 Å². The number of nitrogens with zero attached hydrogens (tertiary/aromatic N) is 2. The van der Waals surface area contributed by atoms with Gasteiger partial charge in [-0.3, -0.25) is 0 Å². The Morgan fingerprint density at radius 1 is 0.318 bits per heavy atom. The Kier molecular flexibility index (Phi) is 10.1. The maximum Gasteiger partial charge on any atom is 0.143 e. The van der Waals surface area contributed by atoms with Crippen molar-refractivity contribution in [1.82, 2.24) is 4.57 Å². The van der Waals surface area contributed by atoms with E-state index in [1.807, 2.05) is 6.07 Å². The SMILES string of the molecule is CC1(C)c2ccccc2-c2cc3c4cc(-c5ccc(N(c6ccc(-c7ccccc7)cc6)c6cccc7c6-c6ccccc6C76c7ccccc7-c7ccccc76)cc5)ccc4n(-c4ccc(-c5cccc6c5oc5ccccc56)cc4)c3cc21. The molecule has 18 rings (SSSR count). The van der Waals surface area contributed by atoms with Crippen LogP contribution in [0.1, 0.15) is 47.2 Å². The number of hydrogen-bond donors (Lipinski definition) is 0.